The quantitative estimate of drug-likeness (QED) is 0.363. The Morgan fingerprint density at radius 1 is 1.06 bits per heavy atom. The lowest BCUT2D eigenvalue weighted by Crippen LogP contribution is -2.28. The second-order valence-corrected chi connectivity index (χ2v) is 7.71. The molecule has 0 aliphatic carbocycles. The number of rotatable bonds is 6. The van der Waals surface area contributed by atoms with Gasteiger partial charge in [-0.3, -0.25) is 24.3 Å². The highest BCUT2D eigenvalue weighted by Gasteiger charge is 2.13. The van der Waals surface area contributed by atoms with Crippen LogP contribution >= 0.6 is 11.8 Å². The number of fused-ring (bicyclic) bond motifs is 1. The molecule has 154 valence electrons. The Morgan fingerprint density at radius 2 is 1.81 bits per heavy atom. The molecule has 4 aromatic rings. The first-order valence-electron chi connectivity index (χ1n) is 9.26. The fraction of sp³-hybridized carbons (Fsp3) is 0.0455. The summed E-state index contributed by atoms with van der Waals surface area (Å²) in [6.07, 6.45) is 1.22. The zero-order chi connectivity index (χ0) is 21.8. The molecule has 1 N–H and O–H groups in total. The summed E-state index contributed by atoms with van der Waals surface area (Å²) >= 11 is 1.52. The molecule has 0 aliphatic heterocycles. The van der Waals surface area contributed by atoms with Crippen molar-refractivity contribution in [3.63, 3.8) is 0 Å². The number of non-ortho nitro benzene ring substituents is 1. The van der Waals surface area contributed by atoms with Gasteiger partial charge >= 0.3 is 0 Å². The summed E-state index contributed by atoms with van der Waals surface area (Å²) in [5.41, 5.74) is 0.253. The van der Waals surface area contributed by atoms with E-state index in [0.29, 0.717) is 5.69 Å². The average molecular weight is 432 g/mol. The summed E-state index contributed by atoms with van der Waals surface area (Å²) < 4.78 is 1.18. The van der Waals surface area contributed by atoms with E-state index < -0.39 is 10.5 Å². The van der Waals surface area contributed by atoms with Gasteiger partial charge in [0.2, 0.25) is 5.91 Å². The minimum atomic E-state index is -0.551. The maximum atomic E-state index is 12.7. The molecule has 0 unspecified atom stereocenters. The number of nitro groups is 1. The van der Waals surface area contributed by atoms with Crippen molar-refractivity contribution in [3.05, 3.63) is 99.6 Å². The first-order valence-corrected chi connectivity index (χ1v) is 10.1. The van der Waals surface area contributed by atoms with E-state index >= 15 is 0 Å². The van der Waals surface area contributed by atoms with Crippen LogP contribution < -0.4 is 10.9 Å². The van der Waals surface area contributed by atoms with E-state index in [9.17, 15) is 19.7 Å². The van der Waals surface area contributed by atoms with E-state index in [0.717, 1.165) is 9.79 Å². The van der Waals surface area contributed by atoms with Crippen molar-refractivity contribution in [1.29, 1.82) is 0 Å². The molecule has 0 radical (unpaired) electrons. The molecule has 0 saturated carbocycles. The lowest BCUT2D eigenvalue weighted by Gasteiger charge is -2.12. The fourth-order valence-electron chi connectivity index (χ4n) is 2.99. The van der Waals surface area contributed by atoms with Crippen molar-refractivity contribution in [2.45, 2.75) is 16.3 Å². The Kier molecular flexibility index (Phi) is 5.76. The fourth-order valence-corrected chi connectivity index (χ4v) is 3.91. The summed E-state index contributed by atoms with van der Waals surface area (Å²) in [7, 11) is 0. The van der Waals surface area contributed by atoms with Gasteiger partial charge in [-0.1, -0.05) is 42.1 Å². The number of nitrogens with zero attached hydrogens (tertiary/aromatic N) is 3. The second-order valence-electron chi connectivity index (χ2n) is 6.60. The molecule has 0 saturated heterocycles. The minimum absolute atomic E-state index is 0.151. The highest BCUT2D eigenvalue weighted by molar-refractivity contribution is 7.99. The molecule has 0 bridgehead atoms. The van der Waals surface area contributed by atoms with Crippen molar-refractivity contribution >= 4 is 39.9 Å². The molecule has 1 aromatic heterocycles. The molecular weight excluding hydrogens is 416 g/mol. The van der Waals surface area contributed by atoms with Gasteiger partial charge in [-0.25, -0.2) is 4.98 Å². The molecule has 0 spiro atoms. The number of hydrogen-bond acceptors (Lipinski definition) is 6. The number of carbonyl (C=O) groups is 1. The van der Waals surface area contributed by atoms with E-state index in [1.54, 1.807) is 6.07 Å². The number of anilines is 1. The SMILES string of the molecule is O=C(Cn1cnc2cc([N+](=O)[O-])ccc2c1=O)Nc1ccccc1Sc1ccccc1. The van der Waals surface area contributed by atoms with Crippen LogP contribution in [0.4, 0.5) is 11.4 Å². The predicted molar refractivity (Wildman–Crippen MR) is 118 cm³/mol. The van der Waals surface area contributed by atoms with Crippen LogP contribution in [0.5, 0.6) is 0 Å². The molecule has 3 aromatic carbocycles. The van der Waals surface area contributed by atoms with Crippen molar-refractivity contribution in [2.75, 3.05) is 5.32 Å². The highest BCUT2D eigenvalue weighted by atomic mass is 32.2. The van der Waals surface area contributed by atoms with Gasteiger partial charge in [0, 0.05) is 21.9 Å². The van der Waals surface area contributed by atoms with E-state index in [1.807, 2.05) is 48.5 Å². The average Bonchev–Trinajstić information content (AvgIpc) is 2.77. The molecule has 0 fully saturated rings. The van der Waals surface area contributed by atoms with Crippen molar-refractivity contribution in [1.82, 2.24) is 9.55 Å². The number of benzene rings is 3. The number of para-hydroxylation sites is 1. The number of nitro benzene ring substituents is 1. The summed E-state index contributed by atoms with van der Waals surface area (Å²) in [5, 5.41) is 13.9. The molecule has 1 heterocycles. The minimum Gasteiger partial charge on any atom is -0.323 e. The van der Waals surface area contributed by atoms with Gasteiger partial charge in [0.15, 0.2) is 0 Å². The Hall–Kier alpha value is -3.98. The molecular formula is C22H16N4O4S. The zero-order valence-corrected chi connectivity index (χ0v) is 16.9. The van der Waals surface area contributed by atoms with Gasteiger partial charge in [-0.2, -0.15) is 0 Å². The largest absolute Gasteiger partial charge is 0.323 e. The van der Waals surface area contributed by atoms with E-state index in [4.69, 9.17) is 0 Å². The number of carbonyl (C=O) groups excluding carboxylic acids is 1. The first-order chi connectivity index (χ1) is 15.0. The maximum absolute atomic E-state index is 12.7. The van der Waals surface area contributed by atoms with E-state index in [1.165, 1.54) is 40.9 Å². The lowest BCUT2D eigenvalue weighted by atomic mass is 10.2. The van der Waals surface area contributed by atoms with Crippen LogP contribution in [0.15, 0.2) is 93.7 Å². The second kappa shape index (κ2) is 8.80. The summed E-state index contributed by atoms with van der Waals surface area (Å²) in [6.45, 7) is -0.233. The van der Waals surface area contributed by atoms with Crippen LogP contribution in [0, 0.1) is 10.1 Å². The normalized spacial score (nSPS) is 10.7. The number of aromatic nitrogens is 2. The van der Waals surface area contributed by atoms with Crippen LogP contribution in [0.2, 0.25) is 0 Å². The summed E-state index contributed by atoms with van der Waals surface area (Å²) in [6, 6.07) is 21.0. The Balaban J connectivity index is 1.54. The Bertz CT molecular complexity index is 1340. The smallest absolute Gasteiger partial charge is 0.271 e. The third-order valence-electron chi connectivity index (χ3n) is 4.47. The molecule has 9 heteroatoms. The number of amides is 1. The Morgan fingerprint density at radius 3 is 2.58 bits per heavy atom. The number of nitrogens with one attached hydrogen (secondary N) is 1. The summed E-state index contributed by atoms with van der Waals surface area (Å²) in [5.74, 6) is -0.383. The highest BCUT2D eigenvalue weighted by Crippen LogP contribution is 2.33. The van der Waals surface area contributed by atoms with Crippen molar-refractivity contribution in [3.8, 4) is 0 Å². The maximum Gasteiger partial charge on any atom is 0.271 e. The van der Waals surface area contributed by atoms with Crippen LogP contribution in [0.25, 0.3) is 10.9 Å². The van der Waals surface area contributed by atoms with E-state index in [-0.39, 0.29) is 29.0 Å². The number of hydrogen-bond donors (Lipinski definition) is 1. The molecule has 31 heavy (non-hydrogen) atoms. The van der Waals surface area contributed by atoms with Crippen LogP contribution in [0.3, 0.4) is 0 Å². The first kappa shape index (κ1) is 20.3. The van der Waals surface area contributed by atoms with Crippen LogP contribution in [-0.2, 0) is 11.3 Å². The van der Waals surface area contributed by atoms with Gasteiger partial charge in [-0.05, 0) is 30.3 Å². The van der Waals surface area contributed by atoms with Crippen molar-refractivity contribution < 1.29 is 9.72 Å². The molecule has 0 aliphatic rings. The lowest BCUT2D eigenvalue weighted by molar-refractivity contribution is -0.384. The molecule has 4 rings (SSSR count). The van der Waals surface area contributed by atoms with Gasteiger partial charge in [-0.15, -0.1) is 0 Å². The van der Waals surface area contributed by atoms with Gasteiger partial charge in [0.05, 0.1) is 27.8 Å². The molecule has 8 nitrogen and oxygen atoms in total. The van der Waals surface area contributed by atoms with Crippen LogP contribution in [0.1, 0.15) is 0 Å². The standard InChI is InChI=1S/C22H16N4O4S/c27-21(24-18-8-4-5-9-20(18)31-16-6-2-1-3-7-16)13-25-14-23-19-12-15(26(29)30)10-11-17(19)22(25)28/h1-12,14H,13H2,(H,24,27). The van der Waals surface area contributed by atoms with Crippen molar-refractivity contribution in [2.24, 2.45) is 0 Å². The van der Waals surface area contributed by atoms with Gasteiger partial charge in [0.25, 0.3) is 11.2 Å². The summed E-state index contributed by atoms with van der Waals surface area (Å²) in [4.78, 5) is 41.6. The Labute approximate surface area is 180 Å². The monoisotopic (exact) mass is 432 g/mol. The molecule has 1 amide bonds. The topological polar surface area (TPSA) is 107 Å². The molecule has 0 atom stereocenters. The third kappa shape index (κ3) is 4.62. The third-order valence-corrected chi connectivity index (χ3v) is 5.55. The predicted octanol–water partition coefficient (Wildman–Crippen LogP) is 4.09. The van der Waals surface area contributed by atoms with E-state index in [2.05, 4.69) is 10.3 Å². The van der Waals surface area contributed by atoms with Crippen LogP contribution in [-0.4, -0.2) is 20.4 Å². The zero-order valence-electron chi connectivity index (χ0n) is 16.1. The van der Waals surface area contributed by atoms with Gasteiger partial charge in [0.1, 0.15) is 6.54 Å². The van der Waals surface area contributed by atoms with Gasteiger partial charge < -0.3 is 5.32 Å².